The molecule has 0 radical (unpaired) electrons. The van der Waals surface area contributed by atoms with Crippen LogP contribution in [0, 0.1) is 17.3 Å². The van der Waals surface area contributed by atoms with E-state index >= 15 is 0 Å². The van der Waals surface area contributed by atoms with Gasteiger partial charge >= 0.3 is 0 Å². The van der Waals surface area contributed by atoms with Gasteiger partial charge in [0.1, 0.15) is 5.78 Å². The van der Waals surface area contributed by atoms with Crippen molar-refractivity contribution < 1.29 is 9.22 Å². The summed E-state index contributed by atoms with van der Waals surface area (Å²) < 4.78 is 6.00. The van der Waals surface area contributed by atoms with Crippen molar-refractivity contribution in [1.82, 2.24) is 0 Å². The van der Waals surface area contributed by atoms with Gasteiger partial charge in [-0.3, -0.25) is 4.79 Å². The van der Waals surface area contributed by atoms with Crippen LogP contribution in [0.3, 0.4) is 0 Å². The summed E-state index contributed by atoms with van der Waals surface area (Å²) in [6.45, 7) is 17.4. The first-order chi connectivity index (χ1) is 8.06. The minimum absolute atomic E-state index is 0.299. The Balaban J connectivity index is 2.77. The van der Waals surface area contributed by atoms with E-state index < -0.39 is 8.32 Å². The van der Waals surface area contributed by atoms with Crippen molar-refractivity contribution in [1.29, 1.82) is 0 Å². The van der Waals surface area contributed by atoms with Crippen LogP contribution in [-0.4, -0.2) is 20.7 Å². The largest absolute Gasteiger partial charge is 0.417 e. The number of rotatable bonds is 4. The second-order valence-electron chi connectivity index (χ2n) is 7.13. The number of hydrogen-bond acceptors (Lipinski definition) is 2. The van der Waals surface area contributed by atoms with Crippen molar-refractivity contribution in [3.8, 4) is 0 Å². The average Bonchev–Trinajstić information content (AvgIpc) is 2.21. The molecule has 104 valence electrons. The Kier molecular flexibility index (Phi) is 4.60. The van der Waals surface area contributed by atoms with Crippen LogP contribution in [0.2, 0.25) is 19.6 Å². The number of allylic oxidation sites excluding steroid dienone is 1. The average molecular weight is 268 g/mol. The number of hydrogen-bond donors (Lipinski definition) is 0. The number of carbonyl (C=O) groups excluding carboxylic acids is 1. The maximum Gasteiger partial charge on any atom is 0.183 e. The van der Waals surface area contributed by atoms with Crippen molar-refractivity contribution in [2.45, 2.75) is 53.3 Å². The summed E-state index contributed by atoms with van der Waals surface area (Å²) in [5.74, 6) is 1.09. The molecule has 0 saturated heterocycles. The molecule has 3 heteroatoms. The Bertz CT molecular complexity index is 343. The Morgan fingerprint density at radius 1 is 1.50 bits per heavy atom. The molecule has 0 N–H and O–H groups in total. The second kappa shape index (κ2) is 5.30. The zero-order valence-electron chi connectivity index (χ0n) is 12.8. The van der Waals surface area contributed by atoms with E-state index in [9.17, 15) is 4.79 Å². The fourth-order valence-corrected chi connectivity index (χ4v) is 3.20. The first-order valence-corrected chi connectivity index (χ1v) is 10.3. The van der Waals surface area contributed by atoms with Gasteiger partial charge in [0, 0.05) is 13.0 Å². The monoisotopic (exact) mass is 268 g/mol. The predicted molar refractivity (Wildman–Crippen MR) is 79.1 cm³/mol. The molecule has 0 aromatic carbocycles. The number of ketones is 1. The van der Waals surface area contributed by atoms with Gasteiger partial charge in [0.05, 0.1) is 5.41 Å². The lowest BCUT2D eigenvalue weighted by atomic mass is 9.63. The van der Waals surface area contributed by atoms with Crippen LogP contribution in [-0.2, 0) is 9.22 Å². The summed E-state index contributed by atoms with van der Waals surface area (Å²) in [6, 6.07) is 0. The molecule has 1 aliphatic rings. The van der Waals surface area contributed by atoms with Gasteiger partial charge in [0.25, 0.3) is 0 Å². The summed E-state index contributed by atoms with van der Waals surface area (Å²) >= 11 is 0. The van der Waals surface area contributed by atoms with E-state index in [0.29, 0.717) is 30.6 Å². The Labute approximate surface area is 113 Å². The standard InChI is InChI=1S/C15H28O2Si/c1-11(2)13-8-12(3)15(4,14(16)9-13)10-17-18(5,6)7/h12-13H,1,8-10H2,2-7H3/t12-,13-,15+/m1/s1. The van der Waals surface area contributed by atoms with Gasteiger partial charge < -0.3 is 4.43 Å². The number of carbonyl (C=O) groups is 1. The van der Waals surface area contributed by atoms with E-state index in [2.05, 4.69) is 40.1 Å². The molecule has 1 aliphatic carbocycles. The van der Waals surface area contributed by atoms with Crippen LogP contribution >= 0.6 is 0 Å². The molecule has 0 unspecified atom stereocenters. The van der Waals surface area contributed by atoms with Gasteiger partial charge in [-0.2, -0.15) is 0 Å². The van der Waals surface area contributed by atoms with E-state index in [-0.39, 0.29) is 5.41 Å². The zero-order valence-corrected chi connectivity index (χ0v) is 13.8. The highest BCUT2D eigenvalue weighted by molar-refractivity contribution is 6.69. The molecule has 0 aromatic rings. The molecule has 1 rings (SSSR count). The summed E-state index contributed by atoms with van der Waals surface area (Å²) in [5, 5.41) is 0. The predicted octanol–water partition coefficient (Wildman–Crippen LogP) is 4.04. The lowest BCUT2D eigenvalue weighted by molar-refractivity contribution is -0.137. The Morgan fingerprint density at radius 3 is 2.44 bits per heavy atom. The molecule has 0 aliphatic heterocycles. The highest BCUT2D eigenvalue weighted by Gasteiger charge is 2.45. The van der Waals surface area contributed by atoms with E-state index in [1.54, 1.807) is 0 Å². The summed E-state index contributed by atoms with van der Waals surface area (Å²) in [4.78, 5) is 12.5. The lowest BCUT2D eigenvalue weighted by Gasteiger charge is -2.42. The fourth-order valence-electron chi connectivity index (χ4n) is 2.47. The fraction of sp³-hybridized carbons (Fsp3) is 0.800. The van der Waals surface area contributed by atoms with Crippen LogP contribution in [0.25, 0.3) is 0 Å². The first kappa shape index (κ1) is 15.6. The van der Waals surface area contributed by atoms with Crippen LogP contribution in [0.5, 0.6) is 0 Å². The molecular weight excluding hydrogens is 240 g/mol. The van der Waals surface area contributed by atoms with E-state index in [1.807, 2.05) is 6.92 Å². The molecule has 1 saturated carbocycles. The topological polar surface area (TPSA) is 26.3 Å². The van der Waals surface area contributed by atoms with Crippen molar-refractivity contribution in [2.75, 3.05) is 6.61 Å². The number of Topliss-reactive ketones (excluding diaryl/α,β-unsaturated/α-hetero) is 1. The lowest BCUT2D eigenvalue weighted by Crippen LogP contribution is -2.46. The summed E-state index contributed by atoms with van der Waals surface area (Å²) in [7, 11) is -1.56. The van der Waals surface area contributed by atoms with Crippen molar-refractivity contribution in [3.05, 3.63) is 12.2 Å². The van der Waals surface area contributed by atoms with Gasteiger partial charge in [-0.15, -0.1) is 0 Å². The van der Waals surface area contributed by atoms with Gasteiger partial charge in [-0.05, 0) is 44.8 Å². The second-order valence-corrected chi connectivity index (χ2v) is 11.6. The molecule has 18 heavy (non-hydrogen) atoms. The third-order valence-corrected chi connectivity index (χ3v) is 5.31. The minimum atomic E-state index is -1.56. The molecule has 0 bridgehead atoms. The quantitative estimate of drug-likeness (QED) is 0.568. The molecule has 0 heterocycles. The highest BCUT2D eigenvalue weighted by Crippen LogP contribution is 2.43. The van der Waals surface area contributed by atoms with Gasteiger partial charge in [-0.1, -0.05) is 26.0 Å². The van der Waals surface area contributed by atoms with Crippen LogP contribution in [0.1, 0.15) is 33.6 Å². The van der Waals surface area contributed by atoms with E-state index in [0.717, 1.165) is 12.0 Å². The van der Waals surface area contributed by atoms with Gasteiger partial charge in [0.15, 0.2) is 8.32 Å². The summed E-state index contributed by atoms with van der Waals surface area (Å²) in [5.41, 5.74) is 0.843. The van der Waals surface area contributed by atoms with Crippen molar-refractivity contribution in [3.63, 3.8) is 0 Å². The third kappa shape index (κ3) is 3.54. The zero-order chi connectivity index (χ0) is 14.1. The first-order valence-electron chi connectivity index (χ1n) is 6.89. The van der Waals surface area contributed by atoms with Gasteiger partial charge in [-0.25, -0.2) is 0 Å². The smallest absolute Gasteiger partial charge is 0.183 e. The molecule has 0 spiro atoms. The Morgan fingerprint density at radius 2 is 2.06 bits per heavy atom. The highest BCUT2D eigenvalue weighted by atomic mass is 28.4. The maximum atomic E-state index is 12.5. The van der Waals surface area contributed by atoms with Crippen molar-refractivity contribution in [2.24, 2.45) is 17.3 Å². The molecule has 1 fully saturated rings. The van der Waals surface area contributed by atoms with E-state index in [1.165, 1.54) is 0 Å². The maximum absolute atomic E-state index is 12.5. The molecular formula is C15H28O2Si. The van der Waals surface area contributed by atoms with E-state index in [4.69, 9.17) is 4.43 Å². The van der Waals surface area contributed by atoms with Gasteiger partial charge in [0.2, 0.25) is 0 Å². The van der Waals surface area contributed by atoms with Crippen LogP contribution in [0.4, 0.5) is 0 Å². The minimum Gasteiger partial charge on any atom is -0.417 e. The molecule has 2 nitrogen and oxygen atoms in total. The molecule has 0 aromatic heterocycles. The summed E-state index contributed by atoms with van der Waals surface area (Å²) in [6.07, 6.45) is 1.71. The SMILES string of the molecule is C=C(C)[C@H]1CC(=O)[C@@](C)(CO[Si](C)(C)C)[C@H](C)C1. The molecule has 0 amide bonds. The van der Waals surface area contributed by atoms with Crippen molar-refractivity contribution >= 4 is 14.1 Å². The van der Waals surface area contributed by atoms with Crippen LogP contribution in [0.15, 0.2) is 12.2 Å². The molecule has 3 atom stereocenters. The Hall–Kier alpha value is -0.413. The third-order valence-electron chi connectivity index (χ3n) is 4.30. The normalized spacial score (nSPS) is 33.6. The van der Waals surface area contributed by atoms with Crippen LogP contribution < -0.4 is 0 Å².